The molecule has 4 N–H and O–H groups in total. The molecule has 6 nitrogen and oxygen atoms in total. The molecule has 0 aromatic heterocycles. The number of aliphatic carboxylic acids is 2. The summed E-state index contributed by atoms with van der Waals surface area (Å²) in [7, 11) is 0. The van der Waals surface area contributed by atoms with E-state index in [4.69, 9.17) is 5.11 Å². The lowest BCUT2D eigenvalue weighted by Crippen LogP contribution is -2.44. The minimum absolute atomic E-state index is 0.0133. The van der Waals surface area contributed by atoms with E-state index in [-0.39, 0.29) is 18.0 Å². The summed E-state index contributed by atoms with van der Waals surface area (Å²) in [5, 5.41) is 24.3. The molecule has 2 saturated heterocycles. The average Bonchev–Trinajstić information content (AvgIpc) is 3.16. The van der Waals surface area contributed by atoms with Crippen LogP contribution < -0.4 is 10.6 Å². The number of carboxylic acid groups (broad SMARTS) is 2. The summed E-state index contributed by atoms with van der Waals surface area (Å²) in [6.45, 7) is 3.27. The number of rotatable bonds is 7. The van der Waals surface area contributed by atoms with Gasteiger partial charge in [-0.3, -0.25) is 4.79 Å². The minimum Gasteiger partial charge on any atom is -0.481 e. The first-order valence-corrected chi connectivity index (χ1v) is 6.06. The van der Waals surface area contributed by atoms with Gasteiger partial charge in [-0.25, -0.2) is 4.79 Å². The summed E-state index contributed by atoms with van der Waals surface area (Å²) in [6.07, 6.45) is 3.10. The number of carbonyl (C=O) groups is 2. The van der Waals surface area contributed by atoms with Crippen LogP contribution in [0.4, 0.5) is 0 Å². The molecule has 0 saturated carbocycles. The van der Waals surface area contributed by atoms with Crippen LogP contribution in [0.1, 0.15) is 13.3 Å². The predicted molar refractivity (Wildman–Crippen MR) is 64.2 cm³/mol. The summed E-state index contributed by atoms with van der Waals surface area (Å²) in [5.41, 5.74) is -0.850. The van der Waals surface area contributed by atoms with Crippen LogP contribution in [0.15, 0.2) is 12.2 Å². The first-order valence-electron chi connectivity index (χ1n) is 6.06. The highest BCUT2D eigenvalue weighted by Gasteiger charge is 2.56. The lowest BCUT2D eigenvalue weighted by molar-refractivity contribution is -0.151. The maximum Gasteiger partial charge on any atom is 0.327 e. The first kappa shape index (κ1) is 13.0. The zero-order valence-electron chi connectivity index (χ0n) is 10.2. The van der Waals surface area contributed by atoms with E-state index in [1.54, 1.807) is 13.0 Å². The van der Waals surface area contributed by atoms with Crippen LogP contribution in [0, 0.1) is 11.3 Å². The molecule has 2 aliphatic heterocycles. The van der Waals surface area contributed by atoms with E-state index >= 15 is 0 Å². The van der Waals surface area contributed by atoms with Crippen molar-refractivity contribution in [2.45, 2.75) is 25.4 Å². The molecule has 0 aromatic rings. The van der Waals surface area contributed by atoms with Crippen molar-refractivity contribution >= 4 is 11.9 Å². The van der Waals surface area contributed by atoms with Gasteiger partial charge in [-0.2, -0.15) is 0 Å². The number of nitrogens with one attached hydrogen (secondary N) is 2. The van der Waals surface area contributed by atoms with Gasteiger partial charge < -0.3 is 20.8 Å². The number of allylic oxidation sites excluding steroid dienone is 1. The number of hydrogen-bond acceptors (Lipinski definition) is 4. The van der Waals surface area contributed by atoms with Crippen LogP contribution in [0.3, 0.4) is 0 Å². The highest BCUT2D eigenvalue weighted by Crippen LogP contribution is 2.42. The number of carboxylic acids is 2. The predicted octanol–water partition coefficient (Wildman–Crippen LogP) is -0.332. The van der Waals surface area contributed by atoms with Crippen LogP contribution in [0.5, 0.6) is 0 Å². The molecule has 0 spiro atoms. The molecule has 0 amide bonds. The molecule has 0 aromatic carbocycles. The monoisotopic (exact) mass is 254 g/mol. The van der Waals surface area contributed by atoms with E-state index in [0.717, 1.165) is 12.6 Å². The van der Waals surface area contributed by atoms with Crippen LogP contribution >= 0.6 is 0 Å². The van der Waals surface area contributed by atoms with Crippen LogP contribution in [-0.2, 0) is 9.59 Å². The Kier molecular flexibility index (Phi) is 3.41. The molecule has 2 aliphatic rings. The van der Waals surface area contributed by atoms with Gasteiger partial charge in [-0.05, 0) is 19.3 Å². The summed E-state index contributed by atoms with van der Waals surface area (Å²) in [6, 6.07) is 0.160. The molecule has 2 rings (SSSR count). The van der Waals surface area contributed by atoms with E-state index in [0.29, 0.717) is 13.0 Å². The van der Waals surface area contributed by atoms with Crippen molar-refractivity contribution in [2.75, 3.05) is 13.1 Å². The van der Waals surface area contributed by atoms with Crippen molar-refractivity contribution in [3.8, 4) is 0 Å². The lowest BCUT2D eigenvalue weighted by atomic mass is 9.70. The third-order valence-electron chi connectivity index (χ3n) is 3.94. The van der Waals surface area contributed by atoms with E-state index in [2.05, 4.69) is 10.6 Å². The molecule has 4 atom stereocenters. The number of hydrogen-bond donors (Lipinski definition) is 4. The van der Waals surface area contributed by atoms with Gasteiger partial charge in [-0.15, -0.1) is 0 Å². The van der Waals surface area contributed by atoms with E-state index < -0.39 is 17.4 Å². The summed E-state index contributed by atoms with van der Waals surface area (Å²) in [4.78, 5) is 22.0. The Morgan fingerprint density at radius 2 is 2.00 bits per heavy atom. The molecular weight excluding hydrogens is 236 g/mol. The Bertz CT molecular complexity index is 388. The van der Waals surface area contributed by atoms with E-state index in [1.165, 1.54) is 0 Å². The Morgan fingerprint density at radius 1 is 1.39 bits per heavy atom. The first-order chi connectivity index (χ1) is 8.46. The standard InChI is InChI=1S/C12H18N2O4/c1-12(11(17)18,9-6-14-9)7(8-5-13-8)3-2-4-10(15)16/h2,4,7-9,13-14H,3,5-6H2,1H3,(H,15,16)(H,17,18)/b4-2+. The molecular formula is C12H18N2O4. The fourth-order valence-electron chi connectivity index (χ4n) is 2.54. The molecule has 0 radical (unpaired) electrons. The molecule has 0 aliphatic carbocycles. The molecule has 18 heavy (non-hydrogen) atoms. The maximum absolute atomic E-state index is 11.6. The molecule has 0 bridgehead atoms. The Morgan fingerprint density at radius 3 is 2.39 bits per heavy atom. The zero-order chi connectivity index (χ0) is 13.3. The summed E-state index contributed by atoms with van der Waals surface area (Å²) in [5.74, 6) is -1.91. The van der Waals surface area contributed by atoms with Gasteiger partial charge in [0.15, 0.2) is 0 Å². The Balaban J connectivity index is 2.12. The van der Waals surface area contributed by atoms with Crippen molar-refractivity contribution < 1.29 is 19.8 Å². The zero-order valence-corrected chi connectivity index (χ0v) is 10.2. The van der Waals surface area contributed by atoms with Gasteiger partial charge in [-0.1, -0.05) is 6.08 Å². The quantitative estimate of drug-likeness (QED) is 0.365. The second-order valence-electron chi connectivity index (χ2n) is 5.15. The summed E-state index contributed by atoms with van der Waals surface area (Å²) < 4.78 is 0. The van der Waals surface area contributed by atoms with Gasteiger partial charge >= 0.3 is 11.9 Å². The van der Waals surface area contributed by atoms with E-state index in [9.17, 15) is 14.7 Å². The molecule has 2 heterocycles. The van der Waals surface area contributed by atoms with Crippen LogP contribution in [-0.4, -0.2) is 47.3 Å². The van der Waals surface area contributed by atoms with E-state index in [1.807, 2.05) is 0 Å². The van der Waals surface area contributed by atoms with Gasteiger partial charge in [0.1, 0.15) is 0 Å². The third-order valence-corrected chi connectivity index (χ3v) is 3.94. The van der Waals surface area contributed by atoms with Crippen LogP contribution in [0.2, 0.25) is 0 Å². The third kappa shape index (κ3) is 2.54. The fraction of sp³-hybridized carbons (Fsp3) is 0.667. The minimum atomic E-state index is -1.00. The van der Waals surface area contributed by atoms with Gasteiger partial charge in [0.2, 0.25) is 0 Å². The molecule has 100 valence electrons. The van der Waals surface area contributed by atoms with Gasteiger partial charge in [0, 0.05) is 31.2 Å². The van der Waals surface area contributed by atoms with Crippen molar-refractivity contribution in [3.05, 3.63) is 12.2 Å². The van der Waals surface area contributed by atoms with Crippen LogP contribution in [0.25, 0.3) is 0 Å². The van der Waals surface area contributed by atoms with Gasteiger partial charge in [0.05, 0.1) is 5.41 Å². The van der Waals surface area contributed by atoms with Crippen molar-refractivity contribution in [3.63, 3.8) is 0 Å². The maximum atomic E-state index is 11.6. The second-order valence-corrected chi connectivity index (χ2v) is 5.15. The smallest absolute Gasteiger partial charge is 0.327 e. The summed E-state index contributed by atoms with van der Waals surface area (Å²) >= 11 is 0. The van der Waals surface area contributed by atoms with Crippen molar-refractivity contribution in [1.29, 1.82) is 0 Å². The fourth-order valence-corrected chi connectivity index (χ4v) is 2.54. The highest BCUT2D eigenvalue weighted by molar-refractivity contribution is 5.80. The molecule has 4 unspecified atom stereocenters. The second kappa shape index (κ2) is 4.70. The normalized spacial score (nSPS) is 30.7. The average molecular weight is 254 g/mol. The topological polar surface area (TPSA) is 118 Å². The van der Waals surface area contributed by atoms with Gasteiger partial charge in [0.25, 0.3) is 0 Å². The Labute approximate surface area is 105 Å². The Hall–Kier alpha value is -1.40. The molecule has 2 fully saturated rings. The lowest BCUT2D eigenvalue weighted by Gasteiger charge is -2.32. The van der Waals surface area contributed by atoms with Crippen molar-refractivity contribution in [2.24, 2.45) is 11.3 Å². The largest absolute Gasteiger partial charge is 0.481 e. The highest BCUT2D eigenvalue weighted by atomic mass is 16.4. The van der Waals surface area contributed by atoms with Crippen molar-refractivity contribution in [1.82, 2.24) is 10.6 Å². The SMILES string of the molecule is CC(C(=O)O)(C1CN1)C(C/C=C/C(=O)O)C1CN1. The molecule has 6 heteroatoms.